The van der Waals surface area contributed by atoms with Gasteiger partial charge in [0.1, 0.15) is 5.52 Å². The van der Waals surface area contributed by atoms with Gasteiger partial charge in [-0.25, -0.2) is 4.98 Å². The maximum absolute atomic E-state index is 12.5. The molecule has 1 heterocycles. The van der Waals surface area contributed by atoms with E-state index in [1.807, 2.05) is 24.3 Å². The maximum Gasteiger partial charge on any atom is 0.270 e. The summed E-state index contributed by atoms with van der Waals surface area (Å²) in [5, 5.41) is 13.5. The van der Waals surface area contributed by atoms with E-state index in [9.17, 15) is 14.9 Å². The van der Waals surface area contributed by atoms with Crippen LogP contribution < -0.4 is 5.32 Å². The summed E-state index contributed by atoms with van der Waals surface area (Å²) in [4.78, 5) is 27.2. The lowest BCUT2D eigenvalue weighted by atomic mass is 10.2. The number of hydrogen-bond acceptors (Lipinski definition) is 5. The number of non-ortho nitro benzene ring substituents is 1. The zero-order valence-corrected chi connectivity index (χ0v) is 16.9. The Morgan fingerprint density at radius 2 is 1.86 bits per heavy atom. The second-order valence-electron chi connectivity index (χ2n) is 6.08. The molecule has 0 aliphatic carbocycles. The Bertz CT molecular complexity index is 1250. The van der Waals surface area contributed by atoms with Gasteiger partial charge in [0, 0.05) is 27.9 Å². The van der Waals surface area contributed by atoms with Crippen LogP contribution in [0.3, 0.4) is 0 Å². The van der Waals surface area contributed by atoms with Gasteiger partial charge in [0.25, 0.3) is 11.6 Å². The molecule has 1 N–H and O–H groups in total. The number of halogens is 2. The third kappa shape index (κ3) is 3.98. The molecular formula is C20H11BrClN3O4. The molecular weight excluding hydrogens is 462 g/mol. The van der Waals surface area contributed by atoms with Crippen molar-refractivity contribution in [3.05, 3.63) is 85.8 Å². The Morgan fingerprint density at radius 1 is 1.10 bits per heavy atom. The molecule has 29 heavy (non-hydrogen) atoms. The lowest BCUT2D eigenvalue weighted by Gasteiger charge is -2.06. The topological polar surface area (TPSA) is 98.3 Å². The van der Waals surface area contributed by atoms with Crippen LogP contribution in [0.15, 0.2) is 69.6 Å². The van der Waals surface area contributed by atoms with E-state index in [2.05, 4.69) is 26.2 Å². The normalized spacial score (nSPS) is 10.8. The first-order chi connectivity index (χ1) is 13.9. The number of benzene rings is 3. The Morgan fingerprint density at radius 3 is 2.55 bits per heavy atom. The number of anilines is 1. The molecule has 1 aromatic heterocycles. The molecule has 0 fully saturated rings. The van der Waals surface area contributed by atoms with Crippen molar-refractivity contribution in [3.63, 3.8) is 0 Å². The molecule has 4 rings (SSSR count). The number of fused-ring (bicyclic) bond motifs is 1. The van der Waals surface area contributed by atoms with Gasteiger partial charge in [-0.3, -0.25) is 14.9 Å². The van der Waals surface area contributed by atoms with Gasteiger partial charge in [-0.1, -0.05) is 27.5 Å². The molecule has 0 bridgehead atoms. The van der Waals surface area contributed by atoms with Crippen LogP contribution in [0.4, 0.5) is 11.4 Å². The summed E-state index contributed by atoms with van der Waals surface area (Å²) in [5.41, 5.74) is 2.43. The van der Waals surface area contributed by atoms with Crippen LogP contribution in [-0.2, 0) is 0 Å². The Hall–Kier alpha value is -3.23. The van der Waals surface area contributed by atoms with Crippen molar-refractivity contribution >= 4 is 55.9 Å². The number of oxazole rings is 1. The average Bonchev–Trinajstić information content (AvgIpc) is 3.11. The summed E-state index contributed by atoms with van der Waals surface area (Å²) >= 11 is 9.40. The summed E-state index contributed by atoms with van der Waals surface area (Å²) in [7, 11) is 0. The summed E-state index contributed by atoms with van der Waals surface area (Å²) in [5.74, 6) is -0.0183. The molecule has 0 saturated carbocycles. The number of nitrogens with one attached hydrogen (secondary N) is 1. The summed E-state index contributed by atoms with van der Waals surface area (Å²) in [6.45, 7) is 0. The maximum atomic E-state index is 12.5. The molecule has 1 amide bonds. The number of aromatic nitrogens is 1. The van der Waals surface area contributed by atoms with Crippen LogP contribution in [-0.4, -0.2) is 15.8 Å². The van der Waals surface area contributed by atoms with Crippen molar-refractivity contribution < 1.29 is 14.1 Å². The lowest BCUT2D eigenvalue weighted by molar-refractivity contribution is -0.384. The molecule has 144 valence electrons. The molecule has 7 nitrogen and oxygen atoms in total. The average molecular weight is 473 g/mol. The van der Waals surface area contributed by atoms with Gasteiger partial charge in [-0.2, -0.15) is 0 Å². The summed E-state index contributed by atoms with van der Waals surface area (Å²) in [6.07, 6.45) is 0. The highest BCUT2D eigenvalue weighted by atomic mass is 79.9. The predicted molar refractivity (Wildman–Crippen MR) is 113 cm³/mol. The zero-order chi connectivity index (χ0) is 20.5. The van der Waals surface area contributed by atoms with Gasteiger partial charge in [0.05, 0.1) is 15.5 Å². The van der Waals surface area contributed by atoms with Crippen LogP contribution in [0.5, 0.6) is 0 Å². The molecule has 0 saturated heterocycles. The lowest BCUT2D eigenvalue weighted by Crippen LogP contribution is -2.12. The number of nitro benzene ring substituents is 1. The van der Waals surface area contributed by atoms with E-state index in [1.165, 1.54) is 12.1 Å². The molecule has 9 heteroatoms. The molecule has 0 unspecified atom stereocenters. The van der Waals surface area contributed by atoms with Gasteiger partial charge < -0.3 is 9.73 Å². The van der Waals surface area contributed by atoms with Crippen molar-refractivity contribution in [1.82, 2.24) is 4.98 Å². The molecule has 0 radical (unpaired) electrons. The Balaban J connectivity index is 1.59. The first-order valence-corrected chi connectivity index (χ1v) is 9.49. The largest absolute Gasteiger partial charge is 0.436 e. The minimum atomic E-state index is -0.574. The van der Waals surface area contributed by atoms with Crippen molar-refractivity contribution in [2.24, 2.45) is 0 Å². The van der Waals surface area contributed by atoms with Crippen LogP contribution in [0, 0.1) is 10.1 Å². The molecule has 0 aliphatic heterocycles. The smallest absolute Gasteiger partial charge is 0.270 e. The number of hydrogen-bond donors (Lipinski definition) is 1. The standard InChI is InChI=1S/C20H11BrClN3O4/c21-12-3-1-11(2-4-12)20-24-17-9-13(5-8-18(17)29-20)23-19(26)15-7-6-14(25(27)28)10-16(15)22/h1-10H,(H,23,26). The van der Waals surface area contributed by atoms with Gasteiger partial charge in [-0.15, -0.1) is 0 Å². The Labute approximate surface area is 177 Å². The monoisotopic (exact) mass is 471 g/mol. The number of amides is 1. The van der Waals surface area contributed by atoms with E-state index in [0.717, 1.165) is 16.1 Å². The van der Waals surface area contributed by atoms with Crippen molar-refractivity contribution in [1.29, 1.82) is 0 Å². The van der Waals surface area contributed by atoms with Gasteiger partial charge in [0.15, 0.2) is 5.58 Å². The molecule has 4 aromatic rings. The van der Waals surface area contributed by atoms with Crippen LogP contribution >= 0.6 is 27.5 Å². The Kier molecular flexibility index (Phi) is 5.04. The van der Waals surface area contributed by atoms with E-state index >= 15 is 0 Å². The molecule has 0 aliphatic rings. The summed E-state index contributed by atoms with van der Waals surface area (Å²) in [6, 6.07) is 16.3. The van der Waals surface area contributed by atoms with Crippen LogP contribution in [0.1, 0.15) is 10.4 Å². The van der Waals surface area contributed by atoms with E-state index in [-0.39, 0.29) is 16.3 Å². The highest BCUT2D eigenvalue weighted by Crippen LogP contribution is 2.28. The van der Waals surface area contributed by atoms with Crippen LogP contribution in [0.25, 0.3) is 22.6 Å². The third-order valence-electron chi connectivity index (χ3n) is 4.14. The van der Waals surface area contributed by atoms with Crippen LogP contribution in [0.2, 0.25) is 5.02 Å². The summed E-state index contributed by atoms with van der Waals surface area (Å²) < 4.78 is 6.72. The van der Waals surface area contributed by atoms with E-state index in [0.29, 0.717) is 22.7 Å². The van der Waals surface area contributed by atoms with Gasteiger partial charge in [0.2, 0.25) is 5.89 Å². The number of carbonyl (C=O) groups excluding carboxylic acids is 1. The number of nitro groups is 1. The van der Waals surface area contributed by atoms with Gasteiger partial charge in [-0.05, 0) is 48.5 Å². The number of rotatable bonds is 4. The fraction of sp³-hybridized carbons (Fsp3) is 0. The first kappa shape index (κ1) is 19.1. The molecule has 0 atom stereocenters. The highest BCUT2D eigenvalue weighted by molar-refractivity contribution is 9.10. The van der Waals surface area contributed by atoms with Crippen molar-refractivity contribution in [2.75, 3.05) is 5.32 Å². The van der Waals surface area contributed by atoms with Gasteiger partial charge >= 0.3 is 0 Å². The third-order valence-corrected chi connectivity index (χ3v) is 4.99. The minimum absolute atomic E-state index is 0.00302. The molecule has 3 aromatic carbocycles. The van der Waals surface area contributed by atoms with Crippen molar-refractivity contribution in [2.45, 2.75) is 0 Å². The molecule has 0 spiro atoms. The number of carbonyl (C=O) groups is 1. The SMILES string of the molecule is O=C(Nc1ccc2oc(-c3ccc(Br)cc3)nc2c1)c1ccc([N+](=O)[O-])cc1Cl. The highest BCUT2D eigenvalue weighted by Gasteiger charge is 2.16. The predicted octanol–water partition coefficient (Wildman–Crippen LogP) is 6.07. The quantitative estimate of drug-likeness (QED) is 0.287. The minimum Gasteiger partial charge on any atom is -0.436 e. The fourth-order valence-corrected chi connectivity index (χ4v) is 3.25. The van der Waals surface area contributed by atoms with E-state index in [1.54, 1.807) is 18.2 Å². The van der Waals surface area contributed by atoms with Crippen molar-refractivity contribution in [3.8, 4) is 11.5 Å². The second-order valence-corrected chi connectivity index (χ2v) is 7.41. The second kappa shape index (κ2) is 7.65. The number of nitrogens with zero attached hydrogens (tertiary/aromatic N) is 2. The van der Waals surface area contributed by atoms with E-state index in [4.69, 9.17) is 16.0 Å². The fourth-order valence-electron chi connectivity index (χ4n) is 2.72. The zero-order valence-electron chi connectivity index (χ0n) is 14.6. The first-order valence-electron chi connectivity index (χ1n) is 8.32. The van der Waals surface area contributed by atoms with E-state index < -0.39 is 10.8 Å².